The van der Waals surface area contributed by atoms with Gasteiger partial charge in [0.05, 0.1) is 11.3 Å². The monoisotopic (exact) mass is 243 g/mol. The number of halogens is 1. The molecular formula is C9H6ClNO5. The SMILES string of the molecule is O=C(Cl)OC(=O)Cc1ccc([N+](=O)[O-])cc1. The van der Waals surface area contributed by atoms with E-state index in [2.05, 4.69) is 4.74 Å². The fourth-order valence-electron chi connectivity index (χ4n) is 1.03. The van der Waals surface area contributed by atoms with Gasteiger partial charge in [0, 0.05) is 23.7 Å². The molecule has 0 bridgehead atoms. The number of benzene rings is 1. The largest absolute Gasteiger partial charge is 0.411 e. The van der Waals surface area contributed by atoms with Gasteiger partial charge in [0.25, 0.3) is 5.69 Å². The van der Waals surface area contributed by atoms with Crippen LogP contribution in [0.25, 0.3) is 0 Å². The van der Waals surface area contributed by atoms with Crippen LogP contribution in [0.2, 0.25) is 0 Å². The van der Waals surface area contributed by atoms with Crippen LogP contribution >= 0.6 is 11.6 Å². The molecule has 1 aromatic carbocycles. The number of nitro groups is 1. The van der Waals surface area contributed by atoms with E-state index in [-0.39, 0.29) is 12.1 Å². The van der Waals surface area contributed by atoms with Gasteiger partial charge in [0.1, 0.15) is 0 Å². The fourth-order valence-corrected chi connectivity index (χ4v) is 1.11. The Bertz CT molecular complexity index is 428. The van der Waals surface area contributed by atoms with Crippen molar-refractivity contribution in [3.63, 3.8) is 0 Å². The van der Waals surface area contributed by atoms with Gasteiger partial charge >= 0.3 is 11.4 Å². The number of hydrogen-bond donors (Lipinski definition) is 0. The average molecular weight is 244 g/mol. The number of nitrogens with zero attached hydrogens (tertiary/aromatic N) is 1. The van der Waals surface area contributed by atoms with Crippen LogP contribution in [0.3, 0.4) is 0 Å². The summed E-state index contributed by atoms with van der Waals surface area (Å²) in [7, 11) is 0. The highest BCUT2D eigenvalue weighted by molar-refractivity contribution is 6.61. The molecule has 0 fully saturated rings. The Labute approximate surface area is 94.9 Å². The molecule has 0 amide bonds. The number of carbonyl (C=O) groups excluding carboxylic acids is 2. The summed E-state index contributed by atoms with van der Waals surface area (Å²) in [5, 5.41) is 10.3. The normalized spacial score (nSPS) is 9.56. The van der Waals surface area contributed by atoms with E-state index in [9.17, 15) is 19.7 Å². The van der Waals surface area contributed by atoms with E-state index in [1.54, 1.807) is 0 Å². The molecule has 0 aliphatic carbocycles. The summed E-state index contributed by atoms with van der Waals surface area (Å²) in [5.74, 6) is -0.811. The first-order valence-electron chi connectivity index (χ1n) is 4.12. The molecule has 0 spiro atoms. The van der Waals surface area contributed by atoms with E-state index in [1.807, 2.05) is 0 Å². The summed E-state index contributed by atoms with van der Waals surface area (Å²) in [6.45, 7) is 0. The van der Waals surface area contributed by atoms with Crippen LogP contribution in [0, 0.1) is 10.1 Å². The molecule has 0 saturated heterocycles. The summed E-state index contributed by atoms with van der Waals surface area (Å²) in [5.41, 5.74) is -0.786. The molecule has 0 aromatic heterocycles. The number of esters is 1. The van der Waals surface area contributed by atoms with Crippen LogP contribution in [0.5, 0.6) is 0 Å². The highest BCUT2D eigenvalue weighted by atomic mass is 35.5. The first-order chi connectivity index (χ1) is 7.49. The molecule has 0 heterocycles. The summed E-state index contributed by atoms with van der Waals surface area (Å²) in [4.78, 5) is 31.0. The second-order valence-electron chi connectivity index (χ2n) is 2.81. The number of ether oxygens (including phenoxy) is 1. The maximum Gasteiger partial charge on any atom is 0.411 e. The van der Waals surface area contributed by atoms with Crippen molar-refractivity contribution in [1.29, 1.82) is 0 Å². The third kappa shape index (κ3) is 3.66. The van der Waals surface area contributed by atoms with Gasteiger partial charge in [0.2, 0.25) is 0 Å². The molecule has 0 aliphatic rings. The number of hydrogen-bond acceptors (Lipinski definition) is 5. The highest BCUT2D eigenvalue weighted by Crippen LogP contribution is 2.12. The van der Waals surface area contributed by atoms with E-state index in [0.717, 1.165) is 0 Å². The van der Waals surface area contributed by atoms with Crippen molar-refractivity contribution in [3.8, 4) is 0 Å². The average Bonchev–Trinajstić information content (AvgIpc) is 2.16. The van der Waals surface area contributed by atoms with Crippen molar-refractivity contribution in [2.45, 2.75) is 6.42 Å². The zero-order valence-corrected chi connectivity index (χ0v) is 8.64. The van der Waals surface area contributed by atoms with Crippen molar-refractivity contribution >= 4 is 28.7 Å². The molecule has 0 unspecified atom stereocenters. The minimum atomic E-state index is -1.20. The number of rotatable bonds is 3. The van der Waals surface area contributed by atoms with Crippen molar-refractivity contribution in [2.75, 3.05) is 0 Å². The molecule has 1 rings (SSSR count). The van der Waals surface area contributed by atoms with Crippen molar-refractivity contribution < 1.29 is 19.2 Å². The van der Waals surface area contributed by atoms with Crippen molar-refractivity contribution in [1.82, 2.24) is 0 Å². The second-order valence-corrected chi connectivity index (χ2v) is 3.12. The van der Waals surface area contributed by atoms with Gasteiger partial charge in [-0.05, 0) is 5.56 Å². The van der Waals surface area contributed by atoms with E-state index in [4.69, 9.17) is 11.6 Å². The van der Waals surface area contributed by atoms with Crippen LogP contribution in [-0.4, -0.2) is 16.3 Å². The molecule has 0 N–H and O–H groups in total. The van der Waals surface area contributed by atoms with E-state index in [1.165, 1.54) is 24.3 Å². The lowest BCUT2D eigenvalue weighted by molar-refractivity contribution is -0.384. The van der Waals surface area contributed by atoms with Gasteiger partial charge in [-0.25, -0.2) is 4.79 Å². The van der Waals surface area contributed by atoms with E-state index < -0.39 is 16.3 Å². The molecule has 1 aromatic rings. The third-order valence-electron chi connectivity index (χ3n) is 1.69. The lowest BCUT2D eigenvalue weighted by Crippen LogP contribution is -2.09. The standard InChI is InChI=1S/C9H6ClNO5/c10-9(13)16-8(12)5-6-1-3-7(4-2-6)11(14)15/h1-4H,5H2. The van der Waals surface area contributed by atoms with Gasteiger partial charge in [0.15, 0.2) is 0 Å². The Morgan fingerprint density at radius 1 is 1.31 bits per heavy atom. The molecule has 7 heteroatoms. The van der Waals surface area contributed by atoms with Crippen LogP contribution in [0.1, 0.15) is 5.56 Å². The van der Waals surface area contributed by atoms with Crippen LogP contribution in [0.15, 0.2) is 24.3 Å². The maximum atomic E-state index is 11.0. The fraction of sp³-hybridized carbons (Fsp3) is 0.111. The summed E-state index contributed by atoms with van der Waals surface area (Å²) < 4.78 is 4.09. The zero-order chi connectivity index (χ0) is 12.1. The quantitative estimate of drug-likeness (QED) is 0.267. The molecular weight excluding hydrogens is 238 g/mol. The van der Waals surface area contributed by atoms with E-state index >= 15 is 0 Å². The van der Waals surface area contributed by atoms with Crippen LogP contribution in [-0.2, 0) is 16.0 Å². The summed E-state index contributed by atoms with van der Waals surface area (Å²) in [6.07, 6.45) is -0.170. The van der Waals surface area contributed by atoms with Gasteiger partial charge in [-0.1, -0.05) is 12.1 Å². The van der Waals surface area contributed by atoms with Gasteiger partial charge in [-0.3, -0.25) is 14.9 Å². The minimum Gasteiger partial charge on any atom is -0.380 e. The molecule has 6 nitrogen and oxygen atoms in total. The summed E-state index contributed by atoms with van der Waals surface area (Å²) in [6, 6.07) is 5.31. The molecule has 0 aliphatic heterocycles. The predicted octanol–water partition coefficient (Wildman–Crippen LogP) is 2.04. The predicted molar refractivity (Wildman–Crippen MR) is 54.1 cm³/mol. The third-order valence-corrected chi connectivity index (χ3v) is 1.77. The van der Waals surface area contributed by atoms with Gasteiger partial charge in [-0.15, -0.1) is 0 Å². The first-order valence-corrected chi connectivity index (χ1v) is 4.50. The maximum absolute atomic E-state index is 11.0. The van der Waals surface area contributed by atoms with Gasteiger partial charge < -0.3 is 4.74 Å². The van der Waals surface area contributed by atoms with Crippen molar-refractivity contribution in [2.24, 2.45) is 0 Å². The Hall–Kier alpha value is -1.95. The van der Waals surface area contributed by atoms with Crippen molar-refractivity contribution in [3.05, 3.63) is 39.9 Å². The summed E-state index contributed by atoms with van der Waals surface area (Å²) >= 11 is 4.83. The second kappa shape index (κ2) is 5.22. The topological polar surface area (TPSA) is 86.5 Å². The Morgan fingerprint density at radius 2 is 1.88 bits per heavy atom. The smallest absolute Gasteiger partial charge is 0.380 e. The molecule has 84 valence electrons. The number of nitro benzene ring substituents is 1. The lowest BCUT2D eigenvalue weighted by Gasteiger charge is -1.99. The first kappa shape index (κ1) is 12.1. The number of non-ortho nitro benzene ring substituents is 1. The molecule has 0 radical (unpaired) electrons. The zero-order valence-electron chi connectivity index (χ0n) is 7.88. The molecule has 0 saturated carbocycles. The Balaban J connectivity index is 2.65. The minimum absolute atomic E-state index is 0.0782. The molecule has 0 atom stereocenters. The van der Waals surface area contributed by atoms with E-state index in [0.29, 0.717) is 5.56 Å². The van der Waals surface area contributed by atoms with Crippen LogP contribution < -0.4 is 0 Å². The van der Waals surface area contributed by atoms with Crippen LogP contribution in [0.4, 0.5) is 10.5 Å². The van der Waals surface area contributed by atoms with Gasteiger partial charge in [-0.2, -0.15) is 0 Å². The lowest BCUT2D eigenvalue weighted by atomic mass is 10.1. The molecule has 16 heavy (non-hydrogen) atoms. The Morgan fingerprint density at radius 3 is 2.31 bits per heavy atom. The Kier molecular flexibility index (Phi) is 3.96. The number of carbonyl (C=O) groups is 2. The highest BCUT2D eigenvalue weighted by Gasteiger charge is 2.10.